The molecule has 1 fully saturated rings. The molecule has 0 unspecified atom stereocenters. The molecular formula is C17H24O9. The number of benzene rings is 1. The molecule has 9 nitrogen and oxygen atoms in total. The van der Waals surface area contributed by atoms with Crippen LogP contribution in [0, 0.1) is 0 Å². The van der Waals surface area contributed by atoms with Crippen molar-refractivity contribution < 1.29 is 44.5 Å². The lowest BCUT2D eigenvalue weighted by Crippen LogP contribution is -2.60. The van der Waals surface area contributed by atoms with Crippen LogP contribution in [0.2, 0.25) is 0 Å². The fourth-order valence-corrected chi connectivity index (χ4v) is 2.58. The zero-order valence-electron chi connectivity index (χ0n) is 14.5. The van der Waals surface area contributed by atoms with Crippen LogP contribution in [-0.4, -0.2) is 83.7 Å². The standard InChI is InChI=1S/C17H24O9/c1-23-10-6-9(4-3-5-18)7-11(24-2)16(10)26-17-15(22)14(21)13(20)12(8-19)25-17/h3-4,6-7,12-15,17-22H,5,8H2,1-2H3/b4-3+/t12-,13-,14+,15-,17+/m1/s1/i3+1. The van der Waals surface area contributed by atoms with E-state index in [4.69, 9.17) is 24.1 Å². The summed E-state index contributed by atoms with van der Waals surface area (Å²) in [6.07, 6.45) is -3.88. The number of rotatable bonds is 7. The maximum Gasteiger partial charge on any atom is 0.229 e. The predicted molar refractivity (Wildman–Crippen MR) is 90.1 cm³/mol. The normalized spacial score (nSPS) is 29.0. The van der Waals surface area contributed by atoms with Crippen LogP contribution in [0.15, 0.2) is 18.2 Å². The van der Waals surface area contributed by atoms with E-state index in [1.165, 1.54) is 20.3 Å². The zero-order chi connectivity index (χ0) is 19.3. The number of ether oxygens (including phenoxy) is 4. The van der Waals surface area contributed by atoms with Gasteiger partial charge in [0, 0.05) is 0 Å². The van der Waals surface area contributed by atoms with Crippen molar-refractivity contribution in [3.8, 4) is 17.2 Å². The molecule has 1 aliphatic rings. The highest BCUT2D eigenvalue weighted by Gasteiger charge is 2.45. The van der Waals surface area contributed by atoms with Gasteiger partial charge in [-0.25, -0.2) is 0 Å². The SMILES string of the molecule is COc1cc(/C=[13CH]/CO)cc(OC)c1O[C@@H]1O[C@H](CO)[C@@H](O)[C@H](O)[C@H]1O. The van der Waals surface area contributed by atoms with Crippen molar-refractivity contribution in [2.24, 2.45) is 0 Å². The summed E-state index contributed by atoms with van der Waals surface area (Å²) in [5, 5.41) is 48.0. The van der Waals surface area contributed by atoms with Gasteiger partial charge in [-0.05, 0) is 17.7 Å². The van der Waals surface area contributed by atoms with Gasteiger partial charge in [-0.2, -0.15) is 0 Å². The molecule has 26 heavy (non-hydrogen) atoms. The molecule has 9 heteroatoms. The molecule has 1 aliphatic heterocycles. The van der Waals surface area contributed by atoms with Crippen LogP contribution >= 0.6 is 0 Å². The molecule has 1 aromatic carbocycles. The van der Waals surface area contributed by atoms with Gasteiger partial charge in [0.2, 0.25) is 12.0 Å². The van der Waals surface area contributed by atoms with Gasteiger partial charge in [0.05, 0.1) is 27.4 Å². The van der Waals surface area contributed by atoms with Crippen molar-refractivity contribution in [3.63, 3.8) is 0 Å². The van der Waals surface area contributed by atoms with Gasteiger partial charge in [0.1, 0.15) is 24.4 Å². The first-order valence-electron chi connectivity index (χ1n) is 7.97. The molecule has 1 saturated heterocycles. The van der Waals surface area contributed by atoms with Crippen molar-refractivity contribution in [1.29, 1.82) is 0 Å². The van der Waals surface area contributed by atoms with E-state index in [1.54, 1.807) is 18.2 Å². The first kappa shape index (κ1) is 20.4. The summed E-state index contributed by atoms with van der Waals surface area (Å²) in [5.74, 6) is 0.637. The monoisotopic (exact) mass is 373 g/mol. The van der Waals surface area contributed by atoms with Crippen molar-refractivity contribution in [1.82, 2.24) is 0 Å². The van der Waals surface area contributed by atoms with Gasteiger partial charge >= 0.3 is 0 Å². The Hall–Kier alpha value is -1.88. The number of aliphatic hydroxyl groups excluding tert-OH is 5. The van der Waals surface area contributed by atoms with Crippen LogP contribution in [0.5, 0.6) is 17.2 Å². The van der Waals surface area contributed by atoms with Crippen LogP contribution in [-0.2, 0) is 4.74 Å². The minimum absolute atomic E-state index is 0.112. The van der Waals surface area contributed by atoms with E-state index in [2.05, 4.69) is 0 Å². The fourth-order valence-electron chi connectivity index (χ4n) is 2.58. The Labute approximate surface area is 150 Å². The van der Waals surface area contributed by atoms with E-state index >= 15 is 0 Å². The van der Waals surface area contributed by atoms with Gasteiger partial charge < -0.3 is 44.5 Å². The Morgan fingerprint density at radius 2 is 1.62 bits per heavy atom. The van der Waals surface area contributed by atoms with Gasteiger partial charge in [-0.1, -0.05) is 12.2 Å². The van der Waals surface area contributed by atoms with Crippen molar-refractivity contribution in [2.75, 3.05) is 27.4 Å². The first-order chi connectivity index (χ1) is 12.5. The fraction of sp³-hybridized carbons (Fsp3) is 0.529. The molecule has 0 amide bonds. The molecule has 146 valence electrons. The largest absolute Gasteiger partial charge is 0.493 e. The minimum atomic E-state index is -1.56. The summed E-state index contributed by atoms with van der Waals surface area (Å²) in [6, 6.07) is 3.24. The maximum absolute atomic E-state index is 10.1. The molecule has 0 saturated carbocycles. The molecule has 1 heterocycles. The average molecular weight is 373 g/mol. The summed E-state index contributed by atoms with van der Waals surface area (Å²) in [6.45, 7) is -0.697. The second-order valence-electron chi connectivity index (χ2n) is 5.65. The summed E-state index contributed by atoms with van der Waals surface area (Å²) < 4.78 is 21.6. The second kappa shape index (κ2) is 9.17. The highest BCUT2D eigenvalue weighted by molar-refractivity contribution is 5.62. The number of methoxy groups -OCH3 is 2. The highest BCUT2D eigenvalue weighted by atomic mass is 16.7. The molecule has 5 N–H and O–H groups in total. The maximum atomic E-state index is 10.1. The number of aliphatic hydroxyl groups is 5. The van der Waals surface area contributed by atoms with Gasteiger partial charge in [-0.3, -0.25) is 0 Å². The number of hydrogen-bond acceptors (Lipinski definition) is 9. The molecular weight excluding hydrogens is 349 g/mol. The molecule has 0 spiro atoms. The topological polar surface area (TPSA) is 138 Å². The van der Waals surface area contributed by atoms with Gasteiger partial charge in [0.15, 0.2) is 11.5 Å². The van der Waals surface area contributed by atoms with Crippen LogP contribution in [0.4, 0.5) is 0 Å². The van der Waals surface area contributed by atoms with E-state index in [0.29, 0.717) is 5.56 Å². The lowest BCUT2D eigenvalue weighted by atomic mass is 9.99. The summed E-state index contributed by atoms with van der Waals surface area (Å²) in [4.78, 5) is 0. The quantitative estimate of drug-likeness (QED) is 0.377. The average Bonchev–Trinajstić information content (AvgIpc) is 2.66. The first-order valence-corrected chi connectivity index (χ1v) is 7.97. The summed E-state index contributed by atoms with van der Waals surface area (Å²) in [7, 11) is 2.82. The van der Waals surface area contributed by atoms with Crippen molar-refractivity contribution in [2.45, 2.75) is 30.7 Å². The van der Waals surface area contributed by atoms with Crippen LogP contribution in [0.3, 0.4) is 0 Å². The summed E-state index contributed by atoms with van der Waals surface area (Å²) >= 11 is 0. The van der Waals surface area contributed by atoms with Crippen LogP contribution in [0.1, 0.15) is 5.56 Å². The molecule has 0 radical (unpaired) electrons. The zero-order valence-corrected chi connectivity index (χ0v) is 14.5. The molecule has 0 bridgehead atoms. The smallest absolute Gasteiger partial charge is 0.229 e. The molecule has 0 aromatic heterocycles. The molecule has 5 atom stereocenters. The Bertz CT molecular complexity index is 591. The van der Waals surface area contributed by atoms with E-state index in [9.17, 15) is 20.4 Å². The van der Waals surface area contributed by atoms with Gasteiger partial charge in [0.25, 0.3) is 0 Å². The Kier molecular flexibility index (Phi) is 7.21. The van der Waals surface area contributed by atoms with Crippen LogP contribution in [0.25, 0.3) is 6.08 Å². The predicted octanol–water partition coefficient (Wildman–Crippen LogP) is -1.11. The van der Waals surface area contributed by atoms with E-state index in [-0.39, 0.29) is 23.9 Å². The lowest BCUT2D eigenvalue weighted by molar-refractivity contribution is -0.277. The van der Waals surface area contributed by atoms with Crippen molar-refractivity contribution >= 4 is 6.08 Å². The molecule has 1 aromatic rings. The Balaban J connectivity index is 2.33. The third-order valence-electron chi connectivity index (χ3n) is 3.98. The number of hydrogen-bond donors (Lipinski definition) is 5. The van der Waals surface area contributed by atoms with Crippen LogP contribution < -0.4 is 14.2 Å². The third-order valence-corrected chi connectivity index (χ3v) is 3.98. The Morgan fingerprint density at radius 3 is 2.12 bits per heavy atom. The van der Waals surface area contributed by atoms with E-state index < -0.39 is 37.3 Å². The molecule has 0 aliphatic carbocycles. The second-order valence-corrected chi connectivity index (χ2v) is 5.65. The van der Waals surface area contributed by atoms with E-state index in [0.717, 1.165) is 0 Å². The highest BCUT2D eigenvalue weighted by Crippen LogP contribution is 2.40. The van der Waals surface area contributed by atoms with Gasteiger partial charge in [-0.15, -0.1) is 0 Å². The minimum Gasteiger partial charge on any atom is -0.493 e. The Morgan fingerprint density at radius 1 is 1.00 bits per heavy atom. The van der Waals surface area contributed by atoms with Crippen molar-refractivity contribution in [3.05, 3.63) is 23.8 Å². The van der Waals surface area contributed by atoms with E-state index in [1.807, 2.05) is 0 Å². The molecule has 2 rings (SSSR count). The summed E-state index contributed by atoms with van der Waals surface area (Å²) in [5.41, 5.74) is 0.675. The third kappa shape index (κ3) is 4.26. The lowest BCUT2D eigenvalue weighted by Gasteiger charge is -2.39.